The van der Waals surface area contributed by atoms with Gasteiger partial charge in [0.1, 0.15) is 18.2 Å². The summed E-state index contributed by atoms with van der Waals surface area (Å²) in [5, 5.41) is 3.45. The van der Waals surface area contributed by atoms with Gasteiger partial charge >= 0.3 is 6.09 Å². The Hall–Kier alpha value is -2.53. The second kappa shape index (κ2) is 12.3. The summed E-state index contributed by atoms with van der Waals surface area (Å²) in [5.74, 6) is -1.26. The van der Waals surface area contributed by atoms with Crippen molar-refractivity contribution in [1.82, 2.24) is 20.1 Å². The van der Waals surface area contributed by atoms with E-state index in [0.717, 1.165) is 17.3 Å². The van der Waals surface area contributed by atoms with E-state index in [1.807, 2.05) is 6.07 Å². The monoisotopic (exact) mass is 585 g/mol. The fraction of sp³-hybridized carbons (Fsp3) is 0.519. The minimum Gasteiger partial charge on any atom is -0.448 e. The Morgan fingerprint density at radius 2 is 2.00 bits per heavy atom. The average Bonchev–Trinajstić information content (AvgIpc) is 3.36. The molecule has 0 unspecified atom stereocenters. The van der Waals surface area contributed by atoms with Gasteiger partial charge in [0.25, 0.3) is 0 Å². The van der Waals surface area contributed by atoms with Crippen molar-refractivity contribution in [2.24, 2.45) is 0 Å². The van der Waals surface area contributed by atoms with Crippen LogP contribution in [0.4, 0.5) is 19.3 Å². The largest absolute Gasteiger partial charge is 0.448 e. The fourth-order valence-electron chi connectivity index (χ4n) is 5.49. The molecule has 2 atom stereocenters. The van der Waals surface area contributed by atoms with Crippen molar-refractivity contribution in [1.29, 1.82) is 0 Å². The Kier molecular flexibility index (Phi) is 9.80. The van der Waals surface area contributed by atoms with Crippen molar-refractivity contribution in [3.8, 4) is 0 Å². The van der Waals surface area contributed by atoms with E-state index in [2.05, 4.69) is 36.0 Å². The van der Waals surface area contributed by atoms with Crippen LogP contribution >= 0.6 is 24.8 Å². The Morgan fingerprint density at radius 3 is 2.69 bits per heavy atom. The van der Waals surface area contributed by atoms with Crippen LogP contribution in [0.15, 0.2) is 30.5 Å². The number of hydrogen-bond donors (Lipinski definition) is 1. The second-order valence-electron chi connectivity index (χ2n) is 10.9. The number of nitrogens with zero attached hydrogens (tertiary/aromatic N) is 4. The molecule has 1 aromatic carbocycles. The van der Waals surface area contributed by atoms with Crippen LogP contribution in [0.1, 0.15) is 37.6 Å². The van der Waals surface area contributed by atoms with Crippen molar-refractivity contribution in [3.63, 3.8) is 0 Å². The molecule has 3 aliphatic heterocycles. The predicted molar refractivity (Wildman–Crippen MR) is 149 cm³/mol. The van der Waals surface area contributed by atoms with Crippen LogP contribution in [0.2, 0.25) is 0 Å². The van der Waals surface area contributed by atoms with E-state index >= 15 is 0 Å². The molecule has 2 saturated heterocycles. The second-order valence-corrected chi connectivity index (χ2v) is 10.9. The molecular weight excluding hydrogens is 551 g/mol. The number of carbonyl (C=O) groups is 2. The molecule has 4 heterocycles. The van der Waals surface area contributed by atoms with Crippen molar-refractivity contribution in [2.45, 2.75) is 44.7 Å². The van der Waals surface area contributed by atoms with Crippen LogP contribution in [0.25, 0.3) is 0 Å². The molecule has 3 aliphatic rings. The zero-order valence-corrected chi connectivity index (χ0v) is 23.9. The van der Waals surface area contributed by atoms with Crippen LogP contribution in [-0.4, -0.2) is 84.7 Å². The first kappa shape index (κ1) is 31.0. The number of halogens is 4. The van der Waals surface area contributed by atoms with Gasteiger partial charge in [0.2, 0.25) is 5.91 Å². The first-order chi connectivity index (χ1) is 17.6. The summed E-state index contributed by atoms with van der Waals surface area (Å²) in [4.78, 5) is 35.9. The lowest BCUT2D eigenvalue weighted by atomic mass is 9.88. The number of hydrogen-bond acceptors (Lipinski definition) is 6. The van der Waals surface area contributed by atoms with Gasteiger partial charge in [-0.2, -0.15) is 0 Å². The number of nitrogens with one attached hydrogen (secondary N) is 1. The molecule has 2 aromatic rings. The van der Waals surface area contributed by atoms with E-state index in [0.29, 0.717) is 50.6 Å². The number of cyclic esters (lactones) is 1. The van der Waals surface area contributed by atoms with E-state index in [1.54, 1.807) is 16.0 Å². The summed E-state index contributed by atoms with van der Waals surface area (Å²) in [6.45, 7) is 9.80. The number of pyridine rings is 1. The minimum atomic E-state index is -0.621. The molecule has 39 heavy (non-hydrogen) atoms. The summed E-state index contributed by atoms with van der Waals surface area (Å²) < 4.78 is 32.7. The topological polar surface area (TPSA) is 78.0 Å². The Bertz CT molecular complexity index is 1220. The van der Waals surface area contributed by atoms with Crippen LogP contribution in [0.5, 0.6) is 0 Å². The summed E-state index contributed by atoms with van der Waals surface area (Å²) in [5.41, 5.74) is 2.43. The molecule has 5 rings (SSSR count). The van der Waals surface area contributed by atoms with Gasteiger partial charge in [-0.25, -0.2) is 13.6 Å². The number of ether oxygens (including phenoxy) is 1. The number of piperazine rings is 1. The van der Waals surface area contributed by atoms with Gasteiger partial charge in [-0.3, -0.25) is 14.7 Å². The molecule has 1 aromatic heterocycles. The Morgan fingerprint density at radius 1 is 1.23 bits per heavy atom. The molecular formula is C27H35Cl2F2N5O3. The highest BCUT2D eigenvalue weighted by atomic mass is 35.5. The molecule has 8 nitrogen and oxygen atoms in total. The smallest absolute Gasteiger partial charge is 0.409 e. The maximum atomic E-state index is 14.3. The van der Waals surface area contributed by atoms with Gasteiger partial charge in [0.15, 0.2) is 0 Å². The molecule has 2 amide bonds. The number of anilines is 1. The molecule has 214 valence electrons. The van der Waals surface area contributed by atoms with Crippen molar-refractivity contribution in [2.75, 3.05) is 50.8 Å². The molecule has 1 N–H and O–H groups in total. The predicted octanol–water partition coefficient (Wildman–Crippen LogP) is 3.53. The molecule has 2 fully saturated rings. The van der Waals surface area contributed by atoms with Crippen LogP contribution in [-0.2, 0) is 21.4 Å². The first-order valence-electron chi connectivity index (χ1n) is 12.7. The number of fused-ring (bicyclic) bond motifs is 1. The number of rotatable bonds is 6. The Balaban J connectivity index is 0.00000210. The minimum absolute atomic E-state index is 0. The molecule has 0 aliphatic carbocycles. The summed E-state index contributed by atoms with van der Waals surface area (Å²) in [7, 11) is 0. The highest BCUT2D eigenvalue weighted by Crippen LogP contribution is 2.40. The lowest BCUT2D eigenvalue weighted by molar-refractivity contribution is -0.120. The van der Waals surface area contributed by atoms with Crippen LogP contribution in [0.3, 0.4) is 0 Å². The average molecular weight is 587 g/mol. The van der Waals surface area contributed by atoms with Crippen LogP contribution < -0.4 is 10.2 Å². The van der Waals surface area contributed by atoms with Gasteiger partial charge in [0.05, 0.1) is 18.8 Å². The standard InChI is InChI=1S/C27H33F2N5O3.2ClH/c1-17-13-33(21(11-30-17)14-32-6-7-37-26(32)36)15-25(35)34-16-27(2,3)22-12-31-20(10-24(22)34)8-18-4-5-19(28)9-23(18)29;;/h4-5,9-10,12,17,21,30H,6-8,11,13-16H2,1-3H3;2*1H/t17-,21-;;/m1../s1. The number of amides is 2. The van der Waals surface area contributed by atoms with Gasteiger partial charge < -0.3 is 19.9 Å². The van der Waals surface area contributed by atoms with Crippen molar-refractivity contribution < 1.29 is 23.1 Å². The fourth-order valence-corrected chi connectivity index (χ4v) is 5.49. The third-order valence-corrected chi connectivity index (χ3v) is 7.54. The maximum absolute atomic E-state index is 14.3. The molecule has 0 radical (unpaired) electrons. The third-order valence-electron chi connectivity index (χ3n) is 7.54. The number of carbonyl (C=O) groups excluding carboxylic acids is 2. The normalized spacial score (nSPS) is 22.1. The van der Waals surface area contributed by atoms with Crippen molar-refractivity contribution in [3.05, 3.63) is 58.9 Å². The highest BCUT2D eigenvalue weighted by molar-refractivity contribution is 5.97. The van der Waals surface area contributed by atoms with E-state index in [9.17, 15) is 18.4 Å². The van der Waals surface area contributed by atoms with Gasteiger partial charge in [-0.1, -0.05) is 19.9 Å². The zero-order chi connectivity index (χ0) is 26.3. The van der Waals surface area contributed by atoms with E-state index in [4.69, 9.17) is 4.74 Å². The van der Waals surface area contributed by atoms with E-state index < -0.39 is 11.6 Å². The maximum Gasteiger partial charge on any atom is 0.409 e. The van der Waals surface area contributed by atoms with Crippen LogP contribution in [0, 0.1) is 11.6 Å². The summed E-state index contributed by atoms with van der Waals surface area (Å²) >= 11 is 0. The van der Waals surface area contributed by atoms with Gasteiger partial charge in [-0.05, 0) is 24.6 Å². The number of aromatic nitrogens is 1. The molecule has 12 heteroatoms. The first-order valence-corrected chi connectivity index (χ1v) is 12.7. The lowest BCUT2D eigenvalue weighted by Crippen LogP contribution is -2.60. The summed E-state index contributed by atoms with van der Waals surface area (Å²) in [6.07, 6.45) is 1.66. The number of benzene rings is 1. The van der Waals surface area contributed by atoms with Crippen molar-refractivity contribution >= 4 is 42.5 Å². The Labute approximate surface area is 239 Å². The zero-order valence-electron chi connectivity index (χ0n) is 22.3. The van der Waals surface area contributed by atoms with E-state index in [1.165, 1.54) is 12.1 Å². The quantitative estimate of drug-likeness (QED) is 0.559. The van der Waals surface area contributed by atoms with E-state index in [-0.39, 0.29) is 67.3 Å². The molecule has 0 saturated carbocycles. The lowest BCUT2D eigenvalue weighted by Gasteiger charge is -2.40. The third kappa shape index (κ3) is 6.62. The molecule has 0 spiro atoms. The highest BCUT2D eigenvalue weighted by Gasteiger charge is 2.40. The summed E-state index contributed by atoms with van der Waals surface area (Å²) in [6, 6.07) is 5.59. The molecule has 0 bridgehead atoms. The van der Waals surface area contributed by atoms with Gasteiger partial charge in [0, 0.05) is 73.6 Å². The SMILES string of the molecule is C[C@@H]1CN(CC(=O)N2CC(C)(C)c3cnc(Cc4ccc(F)cc4F)cc32)[C@@H](CN2CCOC2=O)CN1.Cl.Cl. The van der Waals surface area contributed by atoms with Gasteiger partial charge in [-0.15, -0.1) is 24.8 Å².